The van der Waals surface area contributed by atoms with E-state index < -0.39 is 0 Å². The summed E-state index contributed by atoms with van der Waals surface area (Å²) in [5, 5.41) is 0.950. The average Bonchev–Trinajstić information content (AvgIpc) is 2.70. The van der Waals surface area contributed by atoms with Crippen LogP contribution in [0.2, 0.25) is 10.0 Å². The molecule has 0 fully saturated rings. The van der Waals surface area contributed by atoms with Gasteiger partial charge in [0.15, 0.2) is 5.78 Å². The first-order valence-electron chi connectivity index (χ1n) is 5.52. The van der Waals surface area contributed by atoms with E-state index in [1.807, 2.05) is 17.8 Å². The van der Waals surface area contributed by atoms with Gasteiger partial charge in [0.2, 0.25) is 0 Å². The molecule has 0 aliphatic rings. The first-order valence-corrected chi connectivity index (χ1v) is 6.27. The van der Waals surface area contributed by atoms with E-state index in [-0.39, 0.29) is 5.78 Å². The van der Waals surface area contributed by atoms with Gasteiger partial charge in [-0.1, -0.05) is 23.2 Å². The number of hydrogen-bond donors (Lipinski definition) is 0. The molecule has 1 aromatic heterocycles. The van der Waals surface area contributed by atoms with Crippen molar-refractivity contribution >= 4 is 29.0 Å². The number of hydrogen-bond acceptors (Lipinski definition) is 2. The molecule has 0 radical (unpaired) electrons. The summed E-state index contributed by atoms with van der Waals surface area (Å²) < 4.78 is 1.90. The van der Waals surface area contributed by atoms with Gasteiger partial charge < -0.3 is 4.57 Å². The molecule has 1 heterocycles. The highest BCUT2D eigenvalue weighted by atomic mass is 35.5. The molecule has 0 aliphatic carbocycles. The SMILES string of the molecule is Cn1ccnc1CCC(=O)c1cc(Cl)cc(Cl)c1. The Morgan fingerprint density at radius 2 is 1.94 bits per heavy atom. The predicted molar refractivity (Wildman–Crippen MR) is 72.3 cm³/mol. The Labute approximate surface area is 115 Å². The molecule has 0 unspecified atom stereocenters. The van der Waals surface area contributed by atoms with Crippen LogP contribution in [0.5, 0.6) is 0 Å². The molecule has 2 rings (SSSR count). The zero-order chi connectivity index (χ0) is 13.1. The van der Waals surface area contributed by atoms with Gasteiger partial charge in [-0.2, -0.15) is 0 Å². The van der Waals surface area contributed by atoms with Crippen molar-refractivity contribution in [2.75, 3.05) is 0 Å². The maximum Gasteiger partial charge on any atom is 0.163 e. The van der Waals surface area contributed by atoms with Crippen LogP contribution in [0, 0.1) is 0 Å². The normalized spacial score (nSPS) is 10.6. The molecule has 18 heavy (non-hydrogen) atoms. The third-order valence-corrected chi connectivity index (χ3v) is 3.12. The fourth-order valence-electron chi connectivity index (χ4n) is 1.72. The van der Waals surface area contributed by atoms with Gasteiger partial charge in [-0.15, -0.1) is 0 Å². The van der Waals surface area contributed by atoms with Crippen LogP contribution in [0.3, 0.4) is 0 Å². The van der Waals surface area contributed by atoms with Gasteiger partial charge in [-0.3, -0.25) is 4.79 Å². The van der Waals surface area contributed by atoms with E-state index >= 15 is 0 Å². The van der Waals surface area contributed by atoms with Crippen molar-refractivity contribution in [1.29, 1.82) is 0 Å². The largest absolute Gasteiger partial charge is 0.338 e. The van der Waals surface area contributed by atoms with Crippen molar-refractivity contribution in [2.45, 2.75) is 12.8 Å². The van der Waals surface area contributed by atoms with Crippen LogP contribution in [-0.2, 0) is 13.5 Å². The molecule has 0 atom stereocenters. The van der Waals surface area contributed by atoms with E-state index in [9.17, 15) is 4.79 Å². The summed E-state index contributed by atoms with van der Waals surface area (Å²) in [5.74, 6) is 0.902. The highest BCUT2D eigenvalue weighted by molar-refractivity contribution is 6.35. The number of aryl methyl sites for hydroxylation is 2. The summed E-state index contributed by atoms with van der Waals surface area (Å²) in [5.41, 5.74) is 0.543. The molecule has 94 valence electrons. The van der Waals surface area contributed by atoms with Crippen molar-refractivity contribution in [2.24, 2.45) is 7.05 Å². The number of halogens is 2. The van der Waals surface area contributed by atoms with Crippen LogP contribution in [0.4, 0.5) is 0 Å². The lowest BCUT2D eigenvalue weighted by Crippen LogP contribution is -2.04. The maximum atomic E-state index is 12.0. The lowest BCUT2D eigenvalue weighted by atomic mass is 10.1. The zero-order valence-corrected chi connectivity index (χ0v) is 11.4. The Bertz CT molecular complexity index is 558. The number of rotatable bonds is 4. The number of carbonyl (C=O) groups is 1. The topological polar surface area (TPSA) is 34.9 Å². The summed E-state index contributed by atoms with van der Waals surface area (Å²) >= 11 is 11.7. The van der Waals surface area contributed by atoms with Crippen LogP contribution < -0.4 is 0 Å². The average molecular weight is 283 g/mol. The van der Waals surface area contributed by atoms with E-state index in [1.165, 1.54) is 0 Å². The van der Waals surface area contributed by atoms with Crippen LogP contribution in [0.15, 0.2) is 30.6 Å². The van der Waals surface area contributed by atoms with Gasteiger partial charge in [0.1, 0.15) is 5.82 Å². The summed E-state index contributed by atoms with van der Waals surface area (Å²) in [4.78, 5) is 16.2. The molecule has 0 spiro atoms. The van der Waals surface area contributed by atoms with E-state index in [0.29, 0.717) is 28.5 Å². The van der Waals surface area contributed by atoms with Crippen LogP contribution in [0.1, 0.15) is 22.6 Å². The zero-order valence-electron chi connectivity index (χ0n) is 9.86. The minimum absolute atomic E-state index is 0.0161. The van der Waals surface area contributed by atoms with Crippen molar-refractivity contribution in [1.82, 2.24) is 9.55 Å². The molecule has 0 saturated carbocycles. The Morgan fingerprint density at radius 3 is 2.50 bits per heavy atom. The molecular weight excluding hydrogens is 271 g/mol. The molecular formula is C13H12Cl2N2O. The molecule has 3 nitrogen and oxygen atoms in total. The number of benzene rings is 1. The standard InChI is InChI=1S/C13H12Cl2N2O/c1-17-5-4-16-13(17)3-2-12(18)9-6-10(14)8-11(15)7-9/h4-8H,2-3H2,1H3. The van der Waals surface area contributed by atoms with Gasteiger partial charge in [0, 0.05) is 47.9 Å². The Morgan fingerprint density at radius 1 is 1.28 bits per heavy atom. The summed E-state index contributed by atoms with van der Waals surface area (Å²) in [6.07, 6.45) is 4.57. The number of ketones is 1. The second kappa shape index (κ2) is 5.55. The van der Waals surface area contributed by atoms with Crippen molar-refractivity contribution in [3.63, 3.8) is 0 Å². The van der Waals surface area contributed by atoms with Crippen molar-refractivity contribution in [3.05, 3.63) is 52.0 Å². The Kier molecular flexibility index (Phi) is 4.04. The Hall–Kier alpha value is -1.32. The molecule has 0 bridgehead atoms. The third kappa shape index (κ3) is 3.12. The van der Waals surface area contributed by atoms with E-state index in [4.69, 9.17) is 23.2 Å². The van der Waals surface area contributed by atoms with E-state index in [1.54, 1.807) is 24.4 Å². The third-order valence-electron chi connectivity index (χ3n) is 2.68. The maximum absolute atomic E-state index is 12.0. The number of aromatic nitrogens is 2. The highest BCUT2D eigenvalue weighted by Crippen LogP contribution is 2.20. The predicted octanol–water partition coefficient (Wildman–Crippen LogP) is 3.54. The van der Waals surface area contributed by atoms with Crippen LogP contribution in [-0.4, -0.2) is 15.3 Å². The first-order chi connectivity index (χ1) is 8.56. The lowest BCUT2D eigenvalue weighted by molar-refractivity contribution is 0.0982. The minimum atomic E-state index is 0.0161. The van der Waals surface area contributed by atoms with Gasteiger partial charge in [0.05, 0.1) is 0 Å². The highest BCUT2D eigenvalue weighted by Gasteiger charge is 2.09. The first kappa shape index (κ1) is 13.1. The lowest BCUT2D eigenvalue weighted by Gasteiger charge is -2.03. The number of Topliss-reactive ketones (excluding diaryl/α,β-unsaturated/α-hetero) is 1. The molecule has 0 N–H and O–H groups in total. The molecule has 1 aromatic carbocycles. The van der Waals surface area contributed by atoms with Crippen molar-refractivity contribution in [3.8, 4) is 0 Å². The monoisotopic (exact) mass is 282 g/mol. The van der Waals surface area contributed by atoms with Crippen LogP contribution >= 0.6 is 23.2 Å². The smallest absolute Gasteiger partial charge is 0.163 e. The second-order valence-corrected chi connectivity index (χ2v) is 4.91. The van der Waals surface area contributed by atoms with Gasteiger partial charge in [-0.25, -0.2) is 4.98 Å². The van der Waals surface area contributed by atoms with Crippen LogP contribution in [0.25, 0.3) is 0 Å². The fourth-order valence-corrected chi connectivity index (χ4v) is 2.25. The molecule has 5 heteroatoms. The van der Waals surface area contributed by atoms with E-state index in [0.717, 1.165) is 5.82 Å². The summed E-state index contributed by atoms with van der Waals surface area (Å²) in [6.45, 7) is 0. The van der Waals surface area contributed by atoms with Crippen molar-refractivity contribution < 1.29 is 4.79 Å². The number of imidazole rings is 1. The molecule has 0 amide bonds. The van der Waals surface area contributed by atoms with Gasteiger partial charge >= 0.3 is 0 Å². The summed E-state index contributed by atoms with van der Waals surface area (Å²) in [6, 6.07) is 4.88. The minimum Gasteiger partial charge on any atom is -0.338 e. The second-order valence-electron chi connectivity index (χ2n) is 4.04. The molecule has 0 aliphatic heterocycles. The quantitative estimate of drug-likeness (QED) is 0.804. The molecule has 0 saturated heterocycles. The van der Waals surface area contributed by atoms with E-state index in [2.05, 4.69) is 4.98 Å². The van der Waals surface area contributed by atoms with Gasteiger partial charge in [-0.05, 0) is 18.2 Å². The Balaban J connectivity index is 2.06. The number of nitrogens with zero attached hydrogens (tertiary/aromatic N) is 2. The summed E-state index contributed by atoms with van der Waals surface area (Å²) in [7, 11) is 1.91. The number of carbonyl (C=O) groups excluding carboxylic acids is 1. The van der Waals surface area contributed by atoms with Gasteiger partial charge in [0.25, 0.3) is 0 Å². The fraction of sp³-hybridized carbons (Fsp3) is 0.231. The molecule has 2 aromatic rings.